The zero-order chi connectivity index (χ0) is 16.2. The van der Waals surface area contributed by atoms with Crippen LogP contribution in [0.15, 0.2) is 4.99 Å². The molecule has 1 heterocycles. The molecular formula is C16H31IN4O2. The topological polar surface area (TPSA) is 77.0 Å². The fourth-order valence-corrected chi connectivity index (χ4v) is 3.39. The number of guanidine groups is 1. The molecule has 3 unspecified atom stereocenters. The smallest absolute Gasteiger partial charge is 0.222 e. The first-order valence-electron chi connectivity index (χ1n) is 8.34. The molecule has 1 saturated carbocycles. The first-order valence-corrected chi connectivity index (χ1v) is 8.34. The SMILES string of the molecule is CN=C(NCC1(C)CCCCC1O)NC1CCC(=O)N(C)C1.I. The number of carbonyl (C=O) groups is 1. The van der Waals surface area contributed by atoms with Gasteiger partial charge in [-0.3, -0.25) is 9.79 Å². The summed E-state index contributed by atoms with van der Waals surface area (Å²) in [5.74, 6) is 0.964. The molecule has 7 heteroatoms. The van der Waals surface area contributed by atoms with E-state index < -0.39 is 0 Å². The Morgan fingerprint density at radius 1 is 1.43 bits per heavy atom. The van der Waals surface area contributed by atoms with Crippen LogP contribution in [0.5, 0.6) is 0 Å². The Hall–Kier alpha value is -0.570. The normalized spacial score (nSPS) is 32.3. The van der Waals surface area contributed by atoms with Gasteiger partial charge in [-0.15, -0.1) is 24.0 Å². The Bertz CT molecular complexity index is 432. The van der Waals surface area contributed by atoms with Crippen LogP contribution in [0.3, 0.4) is 0 Å². The lowest BCUT2D eigenvalue weighted by Crippen LogP contribution is -2.54. The molecule has 134 valence electrons. The van der Waals surface area contributed by atoms with Gasteiger partial charge in [0, 0.05) is 45.1 Å². The Morgan fingerprint density at radius 3 is 2.78 bits per heavy atom. The molecule has 1 amide bonds. The second-order valence-corrected chi connectivity index (χ2v) is 7.00. The molecule has 0 radical (unpaired) electrons. The Morgan fingerprint density at radius 2 is 2.17 bits per heavy atom. The fraction of sp³-hybridized carbons (Fsp3) is 0.875. The summed E-state index contributed by atoms with van der Waals surface area (Å²) in [6.45, 7) is 3.57. The molecule has 1 saturated heterocycles. The van der Waals surface area contributed by atoms with Crippen LogP contribution in [0.25, 0.3) is 0 Å². The lowest BCUT2D eigenvalue weighted by Gasteiger charge is -2.39. The van der Waals surface area contributed by atoms with Gasteiger partial charge < -0.3 is 20.6 Å². The summed E-state index contributed by atoms with van der Waals surface area (Å²) in [7, 11) is 3.60. The maximum Gasteiger partial charge on any atom is 0.222 e. The molecule has 0 aromatic heterocycles. The highest BCUT2D eigenvalue weighted by atomic mass is 127. The molecule has 1 aliphatic heterocycles. The van der Waals surface area contributed by atoms with Gasteiger partial charge in [0.25, 0.3) is 0 Å². The standard InChI is InChI=1S/C16H30N4O2.HI/c1-16(9-5-4-6-13(16)21)11-18-15(17-2)19-12-7-8-14(22)20(3)10-12;/h12-13,21H,4-11H2,1-3H3,(H2,17,18,19);1H. The van der Waals surface area contributed by atoms with E-state index in [0.717, 1.165) is 38.2 Å². The number of aliphatic imine (C=N–C) groups is 1. The van der Waals surface area contributed by atoms with Crippen LogP contribution in [0.2, 0.25) is 0 Å². The maximum absolute atomic E-state index is 11.5. The molecule has 23 heavy (non-hydrogen) atoms. The van der Waals surface area contributed by atoms with E-state index >= 15 is 0 Å². The van der Waals surface area contributed by atoms with Gasteiger partial charge in [-0.1, -0.05) is 19.8 Å². The third-order valence-electron chi connectivity index (χ3n) is 5.13. The highest BCUT2D eigenvalue weighted by Gasteiger charge is 2.35. The van der Waals surface area contributed by atoms with E-state index in [1.54, 1.807) is 11.9 Å². The zero-order valence-electron chi connectivity index (χ0n) is 14.5. The molecule has 0 aromatic carbocycles. The largest absolute Gasteiger partial charge is 0.392 e. The molecule has 1 aliphatic carbocycles. The Labute approximate surface area is 156 Å². The van der Waals surface area contributed by atoms with Crippen molar-refractivity contribution in [2.45, 2.75) is 57.6 Å². The van der Waals surface area contributed by atoms with Gasteiger partial charge in [0.05, 0.1) is 6.10 Å². The zero-order valence-corrected chi connectivity index (χ0v) is 16.8. The minimum Gasteiger partial charge on any atom is -0.392 e. The van der Waals surface area contributed by atoms with Crippen LogP contribution in [0.1, 0.15) is 45.4 Å². The summed E-state index contributed by atoms with van der Waals surface area (Å²) in [5, 5.41) is 17.0. The number of halogens is 1. The summed E-state index contributed by atoms with van der Waals surface area (Å²) >= 11 is 0. The molecule has 0 spiro atoms. The van der Waals surface area contributed by atoms with Crippen molar-refractivity contribution in [3.8, 4) is 0 Å². The number of nitrogens with one attached hydrogen (secondary N) is 2. The van der Waals surface area contributed by atoms with Crippen molar-refractivity contribution in [1.29, 1.82) is 0 Å². The summed E-state index contributed by atoms with van der Waals surface area (Å²) in [5.41, 5.74) is -0.0881. The average molecular weight is 438 g/mol. The second kappa shape index (κ2) is 9.05. The minimum absolute atomic E-state index is 0. The summed E-state index contributed by atoms with van der Waals surface area (Å²) < 4.78 is 0. The minimum atomic E-state index is -0.245. The Balaban J connectivity index is 0.00000264. The van der Waals surface area contributed by atoms with E-state index in [9.17, 15) is 9.90 Å². The number of piperidine rings is 1. The van der Waals surface area contributed by atoms with Crippen LogP contribution in [0.4, 0.5) is 0 Å². The lowest BCUT2D eigenvalue weighted by molar-refractivity contribution is -0.132. The molecule has 3 N–H and O–H groups in total. The Kier molecular flexibility index (Phi) is 8.06. The number of amides is 1. The molecule has 2 rings (SSSR count). The summed E-state index contributed by atoms with van der Waals surface area (Å²) in [6, 6.07) is 0.234. The van der Waals surface area contributed by atoms with E-state index in [4.69, 9.17) is 0 Å². The number of nitrogens with zero attached hydrogens (tertiary/aromatic N) is 2. The third-order valence-corrected chi connectivity index (χ3v) is 5.13. The number of likely N-dealkylation sites (N-methyl/N-ethyl adjacent to an activating group) is 1. The van der Waals surface area contributed by atoms with Crippen LogP contribution < -0.4 is 10.6 Å². The van der Waals surface area contributed by atoms with Crippen molar-refractivity contribution in [2.75, 3.05) is 27.2 Å². The van der Waals surface area contributed by atoms with Gasteiger partial charge in [0.15, 0.2) is 5.96 Å². The monoisotopic (exact) mass is 438 g/mol. The summed E-state index contributed by atoms with van der Waals surface area (Å²) in [4.78, 5) is 17.6. The van der Waals surface area contributed by atoms with Gasteiger partial charge >= 0.3 is 0 Å². The molecule has 6 nitrogen and oxygen atoms in total. The number of hydrogen-bond donors (Lipinski definition) is 3. The van der Waals surface area contributed by atoms with E-state index in [1.165, 1.54) is 6.42 Å². The van der Waals surface area contributed by atoms with Crippen molar-refractivity contribution in [2.24, 2.45) is 10.4 Å². The van der Waals surface area contributed by atoms with E-state index in [0.29, 0.717) is 13.0 Å². The number of carbonyl (C=O) groups excluding carboxylic acids is 1. The van der Waals surface area contributed by atoms with Crippen molar-refractivity contribution < 1.29 is 9.90 Å². The molecule has 2 aliphatic rings. The van der Waals surface area contributed by atoms with E-state index in [1.807, 2.05) is 7.05 Å². The van der Waals surface area contributed by atoms with Gasteiger partial charge in [0.1, 0.15) is 0 Å². The average Bonchev–Trinajstić information content (AvgIpc) is 2.50. The number of likely N-dealkylation sites (tertiary alicyclic amines) is 1. The van der Waals surface area contributed by atoms with E-state index in [2.05, 4.69) is 22.5 Å². The van der Waals surface area contributed by atoms with Crippen LogP contribution in [0, 0.1) is 5.41 Å². The first-order chi connectivity index (χ1) is 10.4. The van der Waals surface area contributed by atoms with Crippen molar-refractivity contribution >= 4 is 35.8 Å². The quantitative estimate of drug-likeness (QED) is 0.353. The predicted molar refractivity (Wildman–Crippen MR) is 103 cm³/mol. The molecule has 0 bridgehead atoms. The van der Waals surface area contributed by atoms with Crippen molar-refractivity contribution in [1.82, 2.24) is 15.5 Å². The van der Waals surface area contributed by atoms with Crippen molar-refractivity contribution in [3.05, 3.63) is 0 Å². The molecule has 0 aromatic rings. The number of aliphatic hydroxyl groups is 1. The number of rotatable bonds is 3. The second-order valence-electron chi connectivity index (χ2n) is 7.00. The lowest BCUT2D eigenvalue weighted by atomic mass is 9.73. The van der Waals surface area contributed by atoms with Gasteiger partial charge in [0.2, 0.25) is 5.91 Å². The number of hydrogen-bond acceptors (Lipinski definition) is 3. The summed E-state index contributed by atoms with van der Waals surface area (Å²) in [6.07, 6.45) is 5.40. The molecular weight excluding hydrogens is 407 g/mol. The molecule has 2 fully saturated rings. The van der Waals surface area contributed by atoms with Crippen LogP contribution in [-0.2, 0) is 4.79 Å². The third kappa shape index (κ3) is 5.48. The van der Waals surface area contributed by atoms with Gasteiger partial charge in [-0.25, -0.2) is 0 Å². The predicted octanol–water partition coefficient (Wildman–Crippen LogP) is 1.33. The van der Waals surface area contributed by atoms with Crippen LogP contribution in [-0.4, -0.2) is 61.2 Å². The van der Waals surface area contributed by atoms with Crippen LogP contribution >= 0.6 is 24.0 Å². The maximum atomic E-state index is 11.5. The van der Waals surface area contributed by atoms with Crippen molar-refractivity contribution in [3.63, 3.8) is 0 Å². The first kappa shape index (κ1) is 20.5. The fourth-order valence-electron chi connectivity index (χ4n) is 3.39. The highest BCUT2D eigenvalue weighted by molar-refractivity contribution is 14.0. The number of aliphatic hydroxyl groups excluding tert-OH is 1. The molecule has 3 atom stereocenters. The van der Waals surface area contributed by atoms with Gasteiger partial charge in [-0.2, -0.15) is 0 Å². The highest BCUT2D eigenvalue weighted by Crippen LogP contribution is 2.35. The van der Waals surface area contributed by atoms with Gasteiger partial charge in [-0.05, 0) is 19.3 Å². The van der Waals surface area contributed by atoms with E-state index in [-0.39, 0.29) is 47.4 Å².